The second-order valence-corrected chi connectivity index (χ2v) is 9.60. The fourth-order valence-electron chi connectivity index (χ4n) is 5.22. The van der Waals surface area contributed by atoms with E-state index in [9.17, 15) is 9.59 Å². The first-order chi connectivity index (χ1) is 15.0. The summed E-state index contributed by atoms with van der Waals surface area (Å²) in [6, 6.07) is 7.65. The third kappa shape index (κ3) is 5.29. The van der Waals surface area contributed by atoms with Crippen LogP contribution in [-0.2, 0) is 19.0 Å². The number of amides is 1. The summed E-state index contributed by atoms with van der Waals surface area (Å²) in [5.74, 6) is 0.296. The van der Waals surface area contributed by atoms with Crippen LogP contribution in [0.2, 0.25) is 0 Å². The number of rotatable bonds is 7. The molecule has 6 nitrogen and oxygen atoms in total. The van der Waals surface area contributed by atoms with E-state index in [1.165, 1.54) is 25.5 Å². The highest BCUT2D eigenvalue weighted by atomic mass is 16.5. The third-order valence-electron chi connectivity index (χ3n) is 7.41. The monoisotopic (exact) mass is 429 g/mol. The number of carbonyl (C=O) groups is 2. The van der Waals surface area contributed by atoms with E-state index in [2.05, 4.69) is 0 Å². The predicted octanol–water partition coefficient (Wildman–Crippen LogP) is 3.93. The van der Waals surface area contributed by atoms with Gasteiger partial charge in [0.05, 0.1) is 44.5 Å². The zero-order chi connectivity index (χ0) is 21.8. The lowest BCUT2D eigenvalue weighted by Crippen LogP contribution is -2.46. The van der Waals surface area contributed by atoms with Crippen LogP contribution in [0, 0.1) is 5.41 Å². The zero-order valence-corrected chi connectivity index (χ0v) is 18.8. The summed E-state index contributed by atoms with van der Waals surface area (Å²) >= 11 is 0. The van der Waals surface area contributed by atoms with Gasteiger partial charge >= 0.3 is 5.97 Å². The van der Waals surface area contributed by atoms with Crippen molar-refractivity contribution < 1.29 is 23.8 Å². The van der Waals surface area contributed by atoms with E-state index < -0.39 is 0 Å². The molecule has 3 aliphatic heterocycles. The normalized spacial score (nSPS) is 27.2. The number of hydrogen-bond donors (Lipinski definition) is 0. The van der Waals surface area contributed by atoms with E-state index in [4.69, 9.17) is 14.2 Å². The molecule has 3 saturated heterocycles. The molecule has 31 heavy (non-hydrogen) atoms. The van der Waals surface area contributed by atoms with Gasteiger partial charge in [0.1, 0.15) is 0 Å². The van der Waals surface area contributed by atoms with E-state index in [1.54, 1.807) is 0 Å². The van der Waals surface area contributed by atoms with Gasteiger partial charge in [-0.3, -0.25) is 4.79 Å². The topological polar surface area (TPSA) is 65.1 Å². The highest BCUT2D eigenvalue weighted by Crippen LogP contribution is 2.43. The third-order valence-corrected chi connectivity index (χ3v) is 7.41. The van der Waals surface area contributed by atoms with E-state index in [0.717, 1.165) is 45.4 Å². The molecule has 1 amide bonds. The number of methoxy groups -OCH3 is 1. The molecule has 4 aliphatic rings. The molecule has 1 aliphatic carbocycles. The summed E-state index contributed by atoms with van der Waals surface area (Å²) in [5, 5.41) is 0. The van der Waals surface area contributed by atoms with Crippen molar-refractivity contribution in [2.75, 3.05) is 33.4 Å². The van der Waals surface area contributed by atoms with Crippen molar-refractivity contribution in [2.24, 2.45) is 5.41 Å². The van der Waals surface area contributed by atoms with Crippen molar-refractivity contribution in [1.29, 1.82) is 0 Å². The summed E-state index contributed by atoms with van der Waals surface area (Å²) < 4.78 is 16.8. The summed E-state index contributed by atoms with van der Waals surface area (Å²) in [7, 11) is 1.39. The molecule has 0 aromatic heterocycles. The molecule has 170 valence electrons. The van der Waals surface area contributed by atoms with Gasteiger partial charge in [0, 0.05) is 18.5 Å². The van der Waals surface area contributed by atoms with Crippen LogP contribution in [0.5, 0.6) is 0 Å². The number of hydrogen-bond acceptors (Lipinski definition) is 5. The molecule has 0 radical (unpaired) electrons. The summed E-state index contributed by atoms with van der Waals surface area (Å²) in [6.07, 6.45) is 7.41. The molecule has 1 saturated carbocycles. The smallest absolute Gasteiger partial charge is 0.337 e. The Kier molecular flexibility index (Phi) is 6.97. The van der Waals surface area contributed by atoms with E-state index in [-0.39, 0.29) is 23.4 Å². The highest BCUT2D eigenvalue weighted by Gasteiger charge is 2.41. The first kappa shape index (κ1) is 22.3. The van der Waals surface area contributed by atoms with Crippen molar-refractivity contribution in [3.8, 4) is 0 Å². The number of carbonyl (C=O) groups excluding carboxylic acids is 2. The average molecular weight is 430 g/mol. The van der Waals surface area contributed by atoms with Crippen molar-refractivity contribution >= 4 is 11.9 Å². The first-order valence-corrected chi connectivity index (χ1v) is 11.7. The molecule has 4 fully saturated rings. The number of fused-ring (bicyclic) bond motifs is 3. The summed E-state index contributed by atoms with van der Waals surface area (Å²) in [6.45, 7) is 5.08. The van der Waals surface area contributed by atoms with Crippen molar-refractivity contribution in [2.45, 2.75) is 70.0 Å². The number of benzene rings is 1. The Bertz CT molecular complexity index is 747. The highest BCUT2D eigenvalue weighted by molar-refractivity contribution is 5.89. The molecule has 6 heteroatoms. The predicted molar refractivity (Wildman–Crippen MR) is 117 cm³/mol. The molecule has 0 spiro atoms. The molecule has 1 unspecified atom stereocenters. The standard InChI is InChI=1S/C25H35NO5/c1-18(30-16-25-11-7-22(8-12-25)31-17-25)15-23(27)26-13-9-20(10-14-26)19-3-5-21(6-4-19)24(28)29-2/h3-6,18,20,22H,7-17H2,1-2H3. The van der Waals surface area contributed by atoms with Crippen LogP contribution in [0.15, 0.2) is 24.3 Å². The number of ether oxygens (including phenoxy) is 3. The second kappa shape index (κ2) is 9.70. The first-order valence-electron chi connectivity index (χ1n) is 11.7. The fourth-order valence-corrected chi connectivity index (χ4v) is 5.22. The van der Waals surface area contributed by atoms with Crippen LogP contribution in [0.4, 0.5) is 0 Å². The van der Waals surface area contributed by atoms with Gasteiger partial charge in [-0.2, -0.15) is 0 Å². The zero-order valence-electron chi connectivity index (χ0n) is 18.8. The average Bonchev–Trinajstić information content (AvgIpc) is 2.83. The van der Waals surface area contributed by atoms with Crippen molar-refractivity contribution in [3.05, 3.63) is 35.4 Å². The lowest BCUT2D eigenvalue weighted by atomic mass is 9.72. The molecule has 1 atom stereocenters. The Labute approximate surface area is 185 Å². The molecule has 5 rings (SSSR count). The SMILES string of the molecule is COC(=O)c1ccc(C2CCN(C(=O)CC(C)OCC34CCC(CC3)OC4)CC2)cc1. The van der Waals surface area contributed by atoms with Gasteiger partial charge in [-0.05, 0) is 69.1 Å². The van der Waals surface area contributed by atoms with Gasteiger partial charge in [0.25, 0.3) is 0 Å². The lowest BCUT2D eigenvalue weighted by molar-refractivity contribution is -0.153. The van der Waals surface area contributed by atoms with Gasteiger partial charge in [0.2, 0.25) is 5.91 Å². The van der Waals surface area contributed by atoms with Crippen LogP contribution < -0.4 is 0 Å². The van der Waals surface area contributed by atoms with Gasteiger partial charge in [-0.25, -0.2) is 4.79 Å². The molecule has 1 aromatic carbocycles. The number of esters is 1. The molecular formula is C25H35NO5. The Morgan fingerprint density at radius 2 is 1.81 bits per heavy atom. The Balaban J connectivity index is 1.20. The maximum atomic E-state index is 12.8. The second-order valence-electron chi connectivity index (χ2n) is 9.60. The quantitative estimate of drug-likeness (QED) is 0.615. The Morgan fingerprint density at radius 3 is 2.39 bits per heavy atom. The Morgan fingerprint density at radius 1 is 1.13 bits per heavy atom. The summed E-state index contributed by atoms with van der Waals surface area (Å²) in [4.78, 5) is 26.4. The minimum absolute atomic E-state index is 0.0647. The molecule has 2 bridgehead atoms. The van der Waals surface area contributed by atoms with Crippen molar-refractivity contribution in [1.82, 2.24) is 4.90 Å². The largest absolute Gasteiger partial charge is 0.465 e. The van der Waals surface area contributed by atoms with Crippen LogP contribution in [0.25, 0.3) is 0 Å². The van der Waals surface area contributed by atoms with Crippen LogP contribution in [0.3, 0.4) is 0 Å². The van der Waals surface area contributed by atoms with Gasteiger partial charge in [-0.15, -0.1) is 0 Å². The maximum Gasteiger partial charge on any atom is 0.337 e. The minimum atomic E-state index is -0.313. The van der Waals surface area contributed by atoms with Crippen LogP contribution in [0.1, 0.15) is 73.7 Å². The molecule has 3 heterocycles. The molecule has 0 N–H and O–H groups in total. The lowest BCUT2D eigenvalue weighted by Gasteiger charge is -2.46. The minimum Gasteiger partial charge on any atom is -0.465 e. The summed E-state index contributed by atoms with van der Waals surface area (Å²) in [5.41, 5.74) is 1.97. The van der Waals surface area contributed by atoms with Gasteiger partial charge in [0.15, 0.2) is 0 Å². The fraction of sp³-hybridized carbons (Fsp3) is 0.680. The van der Waals surface area contributed by atoms with Gasteiger partial charge in [-0.1, -0.05) is 12.1 Å². The van der Waals surface area contributed by atoms with E-state index in [0.29, 0.717) is 30.6 Å². The molecular weight excluding hydrogens is 394 g/mol. The van der Waals surface area contributed by atoms with Gasteiger partial charge < -0.3 is 19.1 Å². The number of piperidine rings is 1. The number of nitrogens with zero attached hydrogens (tertiary/aromatic N) is 1. The van der Waals surface area contributed by atoms with Crippen molar-refractivity contribution in [3.63, 3.8) is 0 Å². The maximum absolute atomic E-state index is 12.8. The molecule has 1 aromatic rings. The van der Waals surface area contributed by atoms with Crippen LogP contribution in [-0.4, -0.2) is 62.4 Å². The number of likely N-dealkylation sites (tertiary alicyclic amines) is 1. The van der Waals surface area contributed by atoms with E-state index >= 15 is 0 Å². The Hall–Kier alpha value is -1.92. The van der Waals surface area contributed by atoms with Crippen LogP contribution >= 0.6 is 0 Å². The van der Waals surface area contributed by atoms with E-state index in [1.807, 2.05) is 36.1 Å².